The number of aromatic nitrogens is 1. The zero-order chi connectivity index (χ0) is 18.0. The Labute approximate surface area is 146 Å². The molecular weight excluding hydrogens is 322 g/mol. The smallest absolute Gasteiger partial charge is 0.292 e. The predicted octanol–water partition coefficient (Wildman–Crippen LogP) is 4.24. The van der Waals surface area contributed by atoms with Gasteiger partial charge >= 0.3 is 0 Å². The summed E-state index contributed by atoms with van der Waals surface area (Å²) in [6.07, 6.45) is 3.05. The number of nitrogens with zero attached hydrogens (tertiary/aromatic N) is 2. The Bertz CT molecular complexity index is 752. The fourth-order valence-corrected chi connectivity index (χ4v) is 3.53. The largest absolute Gasteiger partial charge is 0.378 e. The van der Waals surface area contributed by atoms with E-state index in [1.165, 1.54) is 0 Å². The topological polar surface area (TPSA) is 90.4 Å². The fourth-order valence-electron chi connectivity index (χ4n) is 3.53. The first-order valence-corrected chi connectivity index (χ1v) is 8.59. The van der Waals surface area contributed by atoms with E-state index in [-0.39, 0.29) is 22.8 Å². The van der Waals surface area contributed by atoms with Crippen LogP contribution >= 0.6 is 0 Å². The van der Waals surface area contributed by atoms with Crippen molar-refractivity contribution in [3.05, 3.63) is 39.8 Å². The van der Waals surface area contributed by atoms with Gasteiger partial charge in [-0.05, 0) is 51.7 Å². The number of anilines is 1. The van der Waals surface area contributed by atoms with Gasteiger partial charge in [0.25, 0.3) is 5.69 Å². The summed E-state index contributed by atoms with van der Waals surface area (Å²) >= 11 is 0. The summed E-state index contributed by atoms with van der Waals surface area (Å²) in [7, 11) is 0. The Morgan fingerprint density at radius 3 is 2.84 bits per heavy atom. The highest BCUT2D eigenvalue weighted by Gasteiger charge is 2.27. The van der Waals surface area contributed by atoms with Gasteiger partial charge in [0.2, 0.25) is 0 Å². The van der Waals surface area contributed by atoms with Crippen LogP contribution in [-0.4, -0.2) is 28.8 Å². The van der Waals surface area contributed by atoms with E-state index in [4.69, 9.17) is 9.26 Å². The lowest BCUT2D eigenvalue weighted by atomic mass is 10.0. The monoisotopic (exact) mass is 345 g/mol. The van der Waals surface area contributed by atoms with Crippen molar-refractivity contribution >= 4 is 11.4 Å². The van der Waals surface area contributed by atoms with Gasteiger partial charge in [0.05, 0.1) is 16.7 Å². The van der Waals surface area contributed by atoms with Crippen molar-refractivity contribution in [2.45, 2.75) is 52.2 Å². The molecule has 1 N–H and O–H groups in total. The molecule has 0 amide bonds. The van der Waals surface area contributed by atoms with Crippen LogP contribution < -0.4 is 5.32 Å². The van der Waals surface area contributed by atoms with E-state index in [0.717, 1.165) is 36.1 Å². The van der Waals surface area contributed by atoms with Gasteiger partial charge in [-0.25, -0.2) is 0 Å². The lowest BCUT2D eigenvalue weighted by Crippen LogP contribution is -2.18. The highest BCUT2D eigenvalue weighted by atomic mass is 16.6. The standard InChI is InChI=1S/C18H23N3O4/c1-4-24-15-7-6-14(10-15)19-16-8-5-13(9-17(16)21(22)23)18-11(2)20-25-12(18)3/h5,8-9,14-15,19H,4,6-7,10H2,1-3H3/t14-,15-/m1/s1. The lowest BCUT2D eigenvalue weighted by Gasteiger charge is -2.15. The predicted molar refractivity (Wildman–Crippen MR) is 94.7 cm³/mol. The first-order valence-electron chi connectivity index (χ1n) is 8.59. The zero-order valence-electron chi connectivity index (χ0n) is 14.7. The van der Waals surface area contributed by atoms with Crippen LogP contribution in [0.4, 0.5) is 11.4 Å². The molecule has 0 spiro atoms. The minimum atomic E-state index is -0.348. The number of benzene rings is 1. The van der Waals surface area contributed by atoms with Crippen molar-refractivity contribution in [3.63, 3.8) is 0 Å². The molecule has 1 heterocycles. The molecule has 2 atom stereocenters. The molecule has 1 aliphatic rings. The van der Waals surface area contributed by atoms with Gasteiger partial charge in [0, 0.05) is 24.3 Å². The van der Waals surface area contributed by atoms with Crippen LogP contribution in [0.3, 0.4) is 0 Å². The Morgan fingerprint density at radius 2 is 2.20 bits per heavy atom. The average Bonchev–Trinajstić information content (AvgIpc) is 3.15. The van der Waals surface area contributed by atoms with Crippen molar-refractivity contribution in [1.82, 2.24) is 5.16 Å². The third-order valence-electron chi connectivity index (χ3n) is 4.66. The number of aryl methyl sites for hydroxylation is 2. The van der Waals surface area contributed by atoms with Gasteiger partial charge in [-0.2, -0.15) is 0 Å². The molecule has 7 nitrogen and oxygen atoms in total. The van der Waals surface area contributed by atoms with Crippen LogP contribution in [0.25, 0.3) is 11.1 Å². The van der Waals surface area contributed by atoms with Crippen LogP contribution in [-0.2, 0) is 4.74 Å². The summed E-state index contributed by atoms with van der Waals surface area (Å²) in [6, 6.07) is 5.42. The molecule has 1 saturated carbocycles. The highest BCUT2D eigenvalue weighted by Crippen LogP contribution is 2.35. The van der Waals surface area contributed by atoms with Gasteiger partial charge in [-0.15, -0.1) is 0 Å². The summed E-state index contributed by atoms with van der Waals surface area (Å²) < 4.78 is 10.8. The van der Waals surface area contributed by atoms with E-state index in [1.807, 2.05) is 19.9 Å². The Kier molecular flexibility index (Phi) is 5.03. The fraction of sp³-hybridized carbons (Fsp3) is 0.500. The van der Waals surface area contributed by atoms with Crippen molar-refractivity contribution < 1.29 is 14.2 Å². The van der Waals surface area contributed by atoms with Crippen molar-refractivity contribution in [2.24, 2.45) is 0 Å². The summed E-state index contributed by atoms with van der Waals surface area (Å²) in [4.78, 5) is 11.2. The first kappa shape index (κ1) is 17.4. The quantitative estimate of drug-likeness (QED) is 0.622. The van der Waals surface area contributed by atoms with E-state index in [1.54, 1.807) is 19.1 Å². The maximum Gasteiger partial charge on any atom is 0.292 e. The molecule has 0 aliphatic heterocycles. The maximum absolute atomic E-state index is 11.6. The molecule has 3 rings (SSSR count). The molecule has 2 aromatic rings. The zero-order valence-corrected chi connectivity index (χ0v) is 14.7. The molecule has 0 bridgehead atoms. The number of nitro benzene ring substituents is 1. The normalized spacial score (nSPS) is 20.0. The van der Waals surface area contributed by atoms with E-state index < -0.39 is 0 Å². The van der Waals surface area contributed by atoms with Gasteiger partial charge in [-0.3, -0.25) is 10.1 Å². The maximum atomic E-state index is 11.6. The minimum Gasteiger partial charge on any atom is -0.378 e. The van der Waals surface area contributed by atoms with Crippen molar-refractivity contribution in [1.29, 1.82) is 0 Å². The average molecular weight is 345 g/mol. The van der Waals surface area contributed by atoms with Crippen LogP contribution in [0, 0.1) is 24.0 Å². The Balaban J connectivity index is 1.85. The molecule has 1 aliphatic carbocycles. The molecule has 1 aromatic carbocycles. The van der Waals surface area contributed by atoms with Crippen LogP contribution in [0.15, 0.2) is 22.7 Å². The minimum absolute atomic E-state index is 0.0670. The first-order chi connectivity index (χ1) is 12.0. The van der Waals surface area contributed by atoms with E-state index in [2.05, 4.69) is 10.5 Å². The molecule has 1 aromatic heterocycles. The van der Waals surface area contributed by atoms with Gasteiger partial charge in [0.15, 0.2) is 0 Å². The molecule has 7 heteroatoms. The van der Waals surface area contributed by atoms with Gasteiger partial charge < -0.3 is 14.6 Å². The number of rotatable bonds is 6. The number of nitrogens with one attached hydrogen (secondary N) is 1. The summed E-state index contributed by atoms with van der Waals surface area (Å²) in [5.74, 6) is 0.655. The molecule has 0 unspecified atom stereocenters. The number of nitro groups is 1. The third-order valence-corrected chi connectivity index (χ3v) is 4.66. The van der Waals surface area contributed by atoms with Crippen molar-refractivity contribution in [3.8, 4) is 11.1 Å². The number of hydrogen-bond donors (Lipinski definition) is 1. The second-order valence-electron chi connectivity index (χ2n) is 6.42. The van der Waals surface area contributed by atoms with Gasteiger partial charge in [0.1, 0.15) is 11.4 Å². The molecule has 134 valence electrons. The summed E-state index contributed by atoms with van der Waals surface area (Å²) in [5, 5.41) is 18.8. The second kappa shape index (κ2) is 7.23. The van der Waals surface area contributed by atoms with E-state index in [0.29, 0.717) is 18.1 Å². The Hall–Kier alpha value is -2.41. The summed E-state index contributed by atoms with van der Waals surface area (Å²) in [5.41, 5.74) is 2.89. The summed E-state index contributed by atoms with van der Waals surface area (Å²) in [6.45, 7) is 6.32. The van der Waals surface area contributed by atoms with Crippen LogP contribution in [0.1, 0.15) is 37.6 Å². The molecule has 1 fully saturated rings. The van der Waals surface area contributed by atoms with E-state index in [9.17, 15) is 10.1 Å². The molecule has 0 saturated heterocycles. The number of ether oxygens (including phenoxy) is 1. The van der Waals surface area contributed by atoms with Crippen LogP contribution in [0.2, 0.25) is 0 Å². The Morgan fingerprint density at radius 1 is 1.40 bits per heavy atom. The molecule has 0 radical (unpaired) electrons. The highest BCUT2D eigenvalue weighted by molar-refractivity contribution is 5.75. The lowest BCUT2D eigenvalue weighted by molar-refractivity contribution is -0.383. The molecule has 25 heavy (non-hydrogen) atoms. The van der Waals surface area contributed by atoms with Crippen LogP contribution in [0.5, 0.6) is 0 Å². The van der Waals surface area contributed by atoms with Gasteiger partial charge in [-0.1, -0.05) is 11.2 Å². The molecular formula is C18H23N3O4. The third kappa shape index (κ3) is 3.66. The van der Waals surface area contributed by atoms with E-state index >= 15 is 0 Å². The number of hydrogen-bond acceptors (Lipinski definition) is 6. The second-order valence-corrected chi connectivity index (χ2v) is 6.42. The van der Waals surface area contributed by atoms with Crippen molar-refractivity contribution in [2.75, 3.05) is 11.9 Å². The SMILES string of the molecule is CCO[C@@H]1CC[C@@H](Nc2ccc(-c3c(C)noc3C)cc2[N+](=O)[O-])C1.